The average Bonchev–Trinajstić information content (AvgIpc) is 2.24. The third kappa shape index (κ3) is 4.27. The monoisotopic (exact) mass is 260 g/mol. The molecule has 0 bridgehead atoms. The summed E-state index contributed by atoms with van der Waals surface area (Å²) in [5, 5.41) is 4.89. The molecule has 1 rings (SSSR count). The second-order valence-corrected chi connectivity index (χ2v) is 4.30. The van der Waals surface area contributed by atoms with Crippen LogP contribution in [0.4, 0.5) is 18.9 Å². The Labute approximate surface area is 103 Å². The lowest BCUT2D eigenvalue weighted by molar-refractivity contribution is -0.119. The summed E-state index contributed by atoms with van der Waals surface area (Å²) in [5.74, 6) is -3.23. The fraction of sp³-hybridized carbons (Fsp3) is 0.417. The van der Waals surface area contributed by atoms with E-state index >= 15 is 0 Å². The van der Waals surface area contributed by atoms with Crippen LogP contribution in [0.25, 0.3) is 0 Å². The van der Waals surface area contributed by atoms with E-state index in [1.165, 1.54) is 0 Å². The fourth-order valence-electron chi connectivity index (χ4n) is 1.26. The highest BCUT2D eigenvalue weighted by Crippen LogP contribution is 2.19. The van der Waals surface area contributed by atoms with Crippen molar-refractivity contribution in [2.45, 2.75) is 13.8 Å². The zero-order valence-electron chi connectivity index (χ0n) is 10.2. The van der Waals surface area contributed by atoms with Gasteiger partial charge >= 0.3 is 0 Å². The number of rotatable bonds is 5. The molecule has 0 heterocycles. The third-order valence-corrected chi connectivity index (χ3v) is 2.14. The van der Waals surface area contributed by atoms with Crippen LogP contribution in [0.15, 0.2) is 12.1 Å². The Hall–Kier alpha value is -1.72. The number of carbonyl (C=O) groups is 1. The molecule has 1 aromatic rings. The van der Waals surface area contributed by atoms with Gasteiger partial charge in [0.2, 0.25) is 5.91 Å². The fourth-order valence-corrected chi connectivity index (χ4v) is 1.26. The van der Waals surface area contributed by atoms with Gasteiger partial charge in [-0.2, -0.15) is 0 Å². The molecular formula is C12H15F3N2O. The van der Waals surface area contributed by atoms with Gasteiger partial charge in [0.25, 0.3) is 0 Å². The topological polar surface area (TPSA) is 41.1 Å². The van der Waals surface area contributed by atoms with Crippen LogP contribution in [0.5, 0.6) is 0 Å². The van der Waals surface area contributed by atoms with E-state index in [1.54, 1.807) is 0 Å². The summed E-state index contributed by atoms with van der Waals surface area (Å²) in [7, 11) is 0. The van der Waals surface area contributed by atoms with Crippen LogP contribution in [0.1, 0.15) is 13.8 Å². The van der Waals surface area contributed by atoms with Crippen LogP contribution in [0, 0.1) is 23.4 Å². The van der Waals surface area contributed by atoms with Crippen LogP contribution < -0.4 is 10.6 Å². The van der Waals surface area contributed by atoms with Crippen LogP contribution in [-0.4, -0.2) is 19.0 Å². The number of nitrogens with one attached hydrogen (secondary N) is 2. The molecule has 0 atom stereocenters. The van der Waals surface area contributed by atoms with Crippen molar-refractivity contribution < 1.29 is 18.0 Å². The lowest BCUT2D eigenvalue weighted by Gasteiger charge is -2.10. The molecule has 1 amide bonds. The van der Waals surface area contributed by atoms with Gasteiger partial charge in [-0.05, 0) is 5.92 Å². The van der Waals surface area contributed by atoms with Crippen molar-refractivity contribution in [2.75, 3.05) is 18.4 Å². The van der Waals surface area contributed by atoms with Gasteiger partial charge in [-0.25, -0.2) is 13.2 Å². The van der Waals surface area contributed by atoms with E-state index in [1.807, 2.05) is 13.8 Å². The molecule has 0 unspecified atom stereocenters. The van der Waals surface area contributed by atoms with Crippen molar-refractivity contribution in [3.8, 4) is 0 Å². The van der Waals surface area contributed by atoms with Crippen molar-refractivity contribution in [3.05, 3.63) is 29.6 Å². The Morgan fingerprint density at radius 1 is 1.22 bits per heavy atom. The maximum atomic E-state index is 13.2. The largest absolute Gasteiger partial charge is 0.371 e. The molecule has 0 spiro atoms. The lowest BCUT2D eigenvalue weighted by Crippen LogP contribution is -2.32. The maximum Gasteiger partial charge on any atom is 0.239 e. The minimum absolute atomic E-state index is 0.272. The number of hydrogen-bond acceptors (Lipinski definition) is 2. The van der Waals surface area contributed by atoms with Gasteiger partial charge in [-0.15, -0.1) is 0 Å². The minimum atomic E-state index is -1.07. The van der Waals surface area contributed by atoms with Gasteiger partial charge in [0.05, 0.1) is 6.54 Å². The molecule has 0 aliphatic heterocycles. The van der Waals surface area contributed by atoms with E-state index in [0.717, 1.165) is 0 Å². The highest BCUT2D eigenvalue weighted by molar-refractivity contribution is 5.80. The summed E-state index contributed by atoms with van der Waals surface area (Å²) >= 11 is 0. The zero-order chi connectivity index (χ0) is 13.7. The number of halogens is 3. The van der Waals surface area contributed by atoms with E-state index in [4.69, 9.17) is 0 Å². The Morgan fingerprint density at radius 3 is 2.28 bits per heavy atom. The minimum Gasteiger partial charge on any atom is -0.371 e. The SMILES string of the molecule is CC(C)CNC(=O)CNc1c(F)cc(F)cc1F. The molecular weight excluding hydrogens is 245 g/mol. The first-order chi connectivity index (χ1) is 8.40. The smallest absolute Gasteiger partial charge is 0.239 e. The van der Waals surface area contributed by atoms with Crippen LogP contribution in [-0.2, 0) is 4.79 Å². The Morgan fingerprint density at radius 2 is 1.78 bits per heavy atom. The van der Waals surface area contributed by atoms with Crippen LogP contribution in [0.2, 0.25) is 0 Å². The van der Waals surface area contributed by atoms with E-state index in [2.05, 4.69) is 10.6 Å². The van der Waals surface area contributed by atoms with Crippen molar-refractivity contribution in [1.82, 2.24) is 5.32 Å². The Balaban J connectivity index is 2.56. The number of amides is 1. The molecule has 100 valence electrons. The summed E-state index contributed by atoms with van der Waals surface area (Å²) in [5.41, 5.74) is -0.504. The molecule has 0 aliphatic rings. The summed E-state index contributed by atoms with van der Waals surface area (Å²) < 4.78 is 39.0. The standard InChI is InChI=1S/C12H15F3N2O/c1-7(2)5-16-11(18)6-17-12-9(14)3-8(13)4-10(12)15/h3-4,7,17H,5-6H2,1-2H3,(H,16,18). The van der Waals surface area contributed by atoms with Crippen molar-refractivity contribution in [3.63, 3.8) is 0 Å². The predicted octanol–water partition coefficient (Wildman–Crippen LogP) is 2.29. The van der Waals surface area contributed by atoms with Gasteiger partial charge in [-0.1, -0.05) is 13.8 Å². The first kappa shape index (κ1) is 14.3. The van der Waals surface area contributed by atoms with E-state index in [0.29, 0.717) is 18.7 Å². The van der Waals surface area contributed by atoms with Crippen LogP contribution >= 0.6 is 0 Å². The van der Waals surface area contributed by atoms with E-state index in [-0.39, 0.29) is 18.4 Å². The molecule has 0 saturated heterocycles. The van der Waals surface area contributed by atoms with E-state index in [9.17, 15) is 18.0 Å². The highest BCUT2D eigenvalue weighted by atomic mass is 19.1. The zero-order valence-corrected chi connectivity index (χ0v) is 10.2. The first-order valence-electron chi connectivity index (χ1n) is 5.55. The summed E-state index contributed by atoms with van der Waals surface area (Å²) in [4.78, 5) is 11.3. The van der Waals surface area contributed by atoms with Gasteiger partial charge < -0.3 is 10.6 Å². The Kier molecular flexibility index (Phi) is 5.00. The molecule has 0 saturated carbocycles. The molecule has 1 aromatic carbocycles. The average molecular weight is 260 g/mol. The van der Waals surface area contributed by atoms with Crippen LogP contribution in [0.3, 0.4) is 0 Å². The number of hydrogen-bond donors (Lipinski definition) is 2. The lowest BCUT2D eigenvalue weighted by atomic mass is 10.2. The quantitative estimate of drug-likeness (QED) is 0.852. The number of benzene rings is 1. The maximum absolute atomic E-state index is 13.2. The van der Waals surface area contributed by atoms with E-state index < -0.39 is 23.1 Å². The van der Waals surface area contributed by atoms with Gasteiger partial charge in [0.1, 0.15) is 11.5 Å². The van der Waals surface area contributed by atoms with Gasteiger partial charge in [0, 0.05) is 18.7 Å². The van der Waals surface area contributed by atoms with Gasteiger partial charge in [0.15, 0.2) is 11.6 Å². The van der Waals surface area contributed by atoms with Crippen molar-refractivity contribution in [1.29, 1.82) is 0 Å². The second-order valence-electron chi connectivity index (χ2n) is 4.30. The summed E-state index contributed by atoms with van der Waals surface area (Å²) in [6.07, 6.45) is 0. The third-order valence-electron chi connectivity index (χ3n) is 2.14. The van der Waals surface area contributed by atoms with Gasteiger partial charge in [-0.3, -0.25) is 4.79 Å². The molecule has 18 heavy (non-hydrogen) atoms. The molecule has 0 aliphatic carbocycles. The van der Waals surface area contributed by atoms with Crippen molar-refractivity contribution >= 4 is 11.6 Å². The normalized spacial score (nSPS) is 10.6. The predicted molar refractivity (Wildman–Crippen MR) is 62.7 cm³/mol. The molecule has 0 aromatic heterocycles. The number of anilines is 1. The molecule has 0 radical (unpaired) electrons. The molecule has 2 N–H and O–H groups in total. The highest BCUT2D eigenvalue weighted by Gasteiger charge is 2.12. The molecule has 0 fully saturated rings. The second kappa shape index (κ2) is 6.28. The molecule has 3 nitrogen and oxygen atoms in total. The number of carbonyl (C=O) groups excluding carboxylic acids is 1. The molecule has 6 heteroatoms. The first-order valence-corrected chi connectivity index (χ1v) is 5.55. The Bertz CT molecular complexity index is 412. The summed E-state index contributed by atoms with van der Waals surface area (Å²) in [6.45, 7) is 4.06. The van der Waals surface area contributed by atoms with Crippen molar-refractivity contribution in [2.24, 2.45) is 5.92 Å². The summed E-state index contributed by atoms with van der Waals surface area (Å²) in [6, 6.07) is 1.11.